The van der Waals surface area contributed by atoms with Gasteiger partial charge in [-0.3, -0.25) is 9.69 Å². The van der Waals surface area contributed by atoms with Crippen LogP contribution < -0.4 is 0 Å². The van der Waals surface area contributed by atoms with Crippen LogP contribution in [0.4, 0.5) is 4.39 Å². The van der Waals surface area contributed by atoms with Crippen molar-refractivity contribution in [3.05, 3.63) is 34.1 Å². The third-order valence-electron chi connectivity index (χ3n) is 6.18. The van der Waals surface area contributed by atoms with Gasteiger partial charge in [0.2, 0.25) is 5.91 Å². The summed E-state index contributed by atoms with van der Waals surface area (Å²) in [6.07, 6.45) is 6.24. The van der Waals surface area contributed by atoms with Crippen molar-refractivity contribution in [1.82, 2.24) is 9.80 Å². The zero-order chi connectivity index (χ0) is 17.6. The quantitative estimate of drug-likeness (QED) is 0.804. The van der Waals surface area contributed by atoms with Gasteiger partial charge >= 0.3 is 0 Å². The van der Waals surface area contributed by atoms with Gasteiger partial charge in [0, 0.05) is 43.1 Å². The van der Waals surface area contributed by atoms with Crippen molar-refractivity contribution >= 4 is 17.5 Å². The van der Waals surface area contributed by atoms with Crippen LogP contribution >= 0.6 is 11.6 Å². The summed E-state index contributed by atoms with van der Waals surface area (Å²) in [6, 6.07) is 3.74. The van der Waals surface area contributed by atoms with E-state index < -0.39 is 0 Å². The molecule has 0 bridgehead atoms. The molecular weight excluding hydrogens is 339 g/mol. The number of hydrogen-bond acceptors (Lipinski definition) is 2. The van der Waals surface area contributed by atoms with E-state index in [-0.39, 0.29) is 11.2 Å². The minimum Gasteiger partial charge on any atom is -0.339 e. The number of nitrogens with zero attached hydrogens (tertiary/aromatic N) is 2. The van der Waals surface area contributed by atoms with Crippen LogP contribution in [0, 0.1) is 18.2 Å². The molecule has 1 aliphatic carbocycles. The fourth-order valence-electron chi connectivity index (χ4n) is 4.62. The molecule has 1 amide bonds. The topological polar surface area (TPSA) is 23.6 Å². The summed E-state index contributed by atoms with van der Waals surface area (Å²) in [5, 5.41) is 0.554. The first-order valence-electron chi connectivity index (χ1n) is 9.43. The lowest BCUT2D eigenvalue weighted by atomic mass is 9.73. The number of halogens is 2. The maximum atomic E-state index is 14.3. The molecule has 5 heteroatoms. The second-order valence-electron chi connectivity index (χ2n) is 8.22. The molecule has 1 saturated carbocycles. The number of carbonyl (C=O) groups is 1. The van der Waals surface area contributed by atoms with Gasteiger partial charge in [0.25, 0.3) is 0 Å². The van der Waals surface area contributed by atoms with Crippen LogP contribution in [0.15, 0.2) is 12.1 Å². The summed E-state index contributed by atoms with van der Waals surface area (Å²) in [5.41, 5.74) is 1.72. The molecule has 3 nitrogen and oxygen atoms in total. The first-order valence-corrected chi connectivity index (χ1v) is 9.81. The molecule has 1 aromatic rings. The first-order chi connectivity index (χ1) is 12.0. The van der Waals surface area contributed by atoms with E-state index >= 15 is 0 Å². The van der Waals surface area contributed by atoms with Crippen LogP contribution in [0.3, 0.4) is 0 Å². The molecule has 0 radical (unpaired) electrons. The van der Waals surface area contributed by atoms with Crippen LogP contribution in [0.2, 0.25) is 5.02 Å². The highest BCUT2D eigenvalue weighted by Gasteiger charge is 2.45. The van der Waals surface area contributed by atoms with Gasteiger partial charge in [0.15, 0.2) is 0 Å². The standard InChI is InChI=1S/C20H26ClFN2O/c1-14-3-6-17(22)16(19(14)21)11-23-10-2-8-20(12-23)9-7-18(25)24(13-20)15-4-5-15/h3,6,15H,2,4-5,7-13H2,1H3/t20-/m1/s1. The zero-order valence-corrected chi connectivity index (χ0v) is 15.6. The molecule has 3 fully saturated rings. The Kier molecular flexibility index (Phi) is 4.53. The number of amides is 1. The van der Waals surface area contributed by atoms with E-state index in [0.717, 1.165) is 50.9 Å². The van der Waals surface area contributed by atoms with Crippen molar-refractivity contribution in [1.29, 1.82) is 0 Å². The van der Waals surface area contributed by atoms with Crippen LogP contribution in [0.1, 0.15) is 49.7 Å². The Labute approximate surface area is 154 Å². The number of carbonyl (C=O) groups excluding carboxylic acids is 1. The smallest absolute Gasteiger partial charge is 0.222 e. The second kappa shape index (κ2) is 6.55. The highest BCUT2D eigenvalue weighted by molar-refractivity contribution is 6.32. The summed E-state index contributed by atoms with van der Waals surface area (Å²) < 4.78 is 14.3. The third-order valence-corrected chi connectivity index (χ3v) is 6.71. The van der Waals surface area contributed by atoms with Gasteiger partial charge in [-0.05, 0) is 57.2 Å². The number of hydrogen-bond donors (Lipinski definition) is 0. The summed E-state index contributed by atoms with van der Waals surface area (Å²) in [4.78, 5) is 16.7. The van der Waals surface area contributed by atoms with E-state index in [1.807, 2.05) is 6.92 Å². The van der Waals surface area contributed by atoms with Crippen LogP contribution in [-0.2, 0) is 11.3 Å². The second-order valence-corrected chi connectivity index (χ2v) is 8.60. The van der Waals surface area contributed by atoms with Crippen molar-refractivity contribution in [2.45, 2.75) is 58.0 Å². The largest absolute Gasteiger partial charge is 0.339 e. The molecule has 0 N–H and O–H groups in total. The third kappa shape index (κ3) is 3.43. The summed E-state index contributed by atoms with van der Waals surface area (Å²) in [7, 11) is 0. The molecule has 3 aliphatic rings. The lowest BCUT2D eigenvalue weighted by molar-refractivity contribution is -0.140. The van der Waals surface area contributed by atoms with Gasteiger partial charge in [-0.15, -0.1) is 0 Å². The Morgan fingerprint density at radius 1 is 1.28 bits per heavy atom. The fourth-order valence-corrected chi connectivity index (χ4v) is 4.84. The van der Waals surface area contributed by atoms with E-state index in [1.165, 1.54) is 12.5 Å². The van der Waals surface area contributed by atoms with Crippen molar-refractivity contribution in [3.63, 3.8) is 0 Å². The molecule has 2 saturated heterocycles. The van der Waals surface area contributed by atoms with Gasteiger partial charge in [0.05, 0.1) is 5.02 Å². The Bertz CT molecular complexity index is 691. The molecule has 25 heavy (non-hydrogen) atoms. The summed E-state index contributed by atoms with van der Waals surface area (Å²) >= 11 is 6.37. The zero-order valence-electron chi connectivity index (χ0n) is 14.9. The van der Waals surface area contributed by atoms with Crippen molar-refractivity contribution in [2.75, 3.05) is 19.6 Å². The van der Waals surface area contributed by atoms with Gasteiger partial charge in [-0.25, -0.2) is 4.39 Å². The van der Waals surface area contributed by atoms with Crippen molar-refractivity contribution in [2.24, 2.45) is 5.41 Å². The van der Waals surface area contributed by atoms with E-state index in [2.05, 4.69) is 9.80 Å². The number of likely N-dealkylation sites (tertiary alicyclic amines) is 2. The Morgan fingerprint density at radius 2 is 2.08 bits per heavy atom. The molecule has 0 unspecified atom stereocenters. The average Bonchev–Trinajstić information content (AvgIpc) is 3.43. The Morgan fingerprint density at radius 3 is 2.84 bits per heavy atom. The summed E-state index contributed by atoms with van der Waals surface area (Å²) in [6.45, 7) is 5.28. The first kappa shape index (κ1) is 17.3. The average molecular weight is 365 g/mol. The van der Waals surface area contributed by atoms with Crippen LogP contribution in [0.5, 0.6) is 0 Å². The lowest BCUT2D eigenvalue weighted by Crippen LogP contribution is -2.54. The van der Waals surface area contributed by atoms with Crippen LogP contribution in [-0.4, -0.2) is 41.4 Å². The predicted molar refractivity (Wildman–Crippen MR) is 97.1 cm³/mol. The Hall–Kier alpha value is -1.13. The number of piperidine rings is 2. The van der Waals surface area contributed by atoms with E-state index in [9.17, 15) is 9.18 Å². The molecule has 1 spiro atoms. The van der Waals surface area contributed by atoms with Gasteiger partial charge < -0.3 is 4.90 Å². The SMILES string of the molecule is Cc1ccc(F)c(CN2CCC[C@@]3(CCC(=O)N(C4CC4)C3)C2)c1Cl. The molecule has 2 aliphatic heterocycles. The highest BCUT2D eigenvalue weighted by atomic mass is 35.5. The summed E-state index contributed by atoms with van der Waals surface area (Å²) in [5.74, 6) is 0.117. The highest BCUT2D eigenvalue weighted by Crippen LogP contribution is 2.43. The van der Waals surface area contributed by atoms with Gasteiger partial charge in [-0.2, -0.15) is 0 Å². The molecule has 4 rings (SSSR count). The minimum absolute atomic E-state index is 0.182. The predicted octanol–water partition coefficient (Wildman–Crippen LogP) is 4.15. The number of benzene rings is 1. The number of aryl methyl sites for hydroxylation is 1. The normalized spacial score (nSPS) is 28.0. The molecule has 136 valence electrons. The van der Waals surface area contributed by atoms with E-state index in [4.69, 9.17) is 11.6 Å². The maximum Gasteiger partial charge on any atom is 0.222 e. The maximum absolute atomic E-state index is 14.3. The van der Waals surface area contributed by atoms with Gasteiger partial charge in [0.1, 0.15) is 5.82 Å². The number of rotatable bonds is 3. The molecular formula is C20H26ClFN2O. The Balaban J connectivity index is 1.50. The molecule has 0 aromatic heterocycles. The minimum atomic E-state index is -0.214. The molecule has 2 heterocycles. The van der Waals surface area contributed by atoms with E-state index in [1.54, 1.807) is 6.07 Å². The van der Waals surface area contributed by atoms with E-state index in [0.29, 0.717) is 35.5 Å². The molecule has 1 aromatic carbocycles. The van der Waals surface area contributed by atoms with Crippen molar-refractivity contribution in [3.8, 4) is 0 Å². The monoisotopic (exact) mass is 364 g/mol. The fraction of sp³-hybridized carbons (Fsp3) is 0.650. The lowest BCUT2D eigenvalue weighted by Gasteiger charge is -2.48. The van der Waals surface area contributed by atoms with Crippen molar-refractivity contribution < 1.29 is 9.18 Å². The van der Waals surface area contributed by atoms with Crippen LogP contribution in [0.25, 0.3) is 0 Å². The van der Waals surface area contributed by atoms with Gasteiger partial charge in [-0.1, -0.05) is 17.7 Å². The molecule has 1 atom stereocenters.